The van der Waals surface area contributed by atoms with Crippen molar-refractivity contribution < 1.29 is 14.6 Å². The topological polar surface area (TPSA) is 78.5 Å². The van der Waals surface area contributed by atoms with Crippen LogP contribution >= 0.6 is 11.3 Å². The molecular weight excluding hydrogens is 302 g/mol. The van der Waals surface area contributed by atoms with Crippen LogP contribution in [-0.4, -0.2) is 57.8 Å². The largest absolute Gasteiger partial charge is 0.394 e. The summed E-state index contributed by atoms with van der Waals surface area (Å²) in [6.07, 6.45) is 1.49. The van der Waals surface area contributed by atoms with Crippen molar-refractivity contribution in [1.82, 2.24) is 14.9 Å². The Morgan fingerprint density at radius 1 is 1.64 bits per heavy atom. The second-order valence-electron chi connectivity index (χ2n) is 5.50. The Balaban J connectivity index is 1.78. The predicted molar refractivity (Wildman–Crippen MR) is 84.0 cm³/mol. The zero-order chi connectivity index (χ0) is 15.7. The van der Waals surface area contributed by atoms with Crippen LogP contribution in [0.25, 0.3) is 11.3 Å². The van der Waals surface area contributed by atoms with E-state index in [0.717, 1.165) is 16.3 Å². The number of amides is 1. The van der Waals surface area contributed by atoms with E-state index >= 15 is 0 Å². The second-order valence-corrected chi connectivity index (χ2v) is 6.56. The van der Waals surface area contributed by atoms with Gasteiger partial charge in [-0.15, -0.1) is 11.3 Å². The smallest absolute Gasteiger partial charge is 0.270 e. The molecule has 0 saturated carbocycles. The van der Waals surface area contributed by atoms with Crippen LogP contribution < -0.4 is 0 Å². The molecule has 22 heavy (non-hydrogen) atoms. The zero-order valence-corrected chi connectivity index (χ0v) is 13.4. The number of aromatic amines is 1. The molecule has 0 aliphatic carbocycles. The highest BCUT2D eigenvalue weighted by molar-refractivity contribution is 7.09. The number of hydrogen-bond donors (Lipinski definition) is 2. The number of thiazole rings is 1. The Hall–Kier alpha value is -1.70. The highest BCUT2D eigenvalue weighted by Gasteiger charge is 2.30. The molecule has 7 heteroatoms. The van der Waals surface area contributed by atoms with E-state index in [1.165, 1.54) is 0 Å². The summed E-state index contributed by atoms with van der Waals surface area (Å²) < 4.78 is 5.47. The van der Waals surface area contributed by atoms with E-state index in [1.807, 2.05) is 25.3 Å². The van der Waals surface area contributed by atoms with E-state index in [4.69, 9.17) is 4.74 Å². The Morgan fingerprint density at radius 2 is 2.45 bits per heavy atom. The first-order valence-electron chi connectivity index (χ1n) is 7.23. The van der Waals surface area contributed by atoms with E-state index in [0.29, 0.717) is 18.8 Å². The molecule has 2 unspecified atom stereocenters. The predicted octanol–water partition coefficient (Wildman–Crippen LogP) is 1.67. The summed E-state index contributed by atoms with van der Waals surface area (Å²) in [7, 11) is 0. The summed E-state index contributed by atoms with van der Waals surface area (Å²) in [4.78, 5) is 21.9. The molecule has 3 heterocycles. The number of aryl methyl sites for hydroxylation is 1. The fourth-order valence-electron chi connectivity index (χ4n) is 2.53. The molecule has 1 aliphatic heterocycles. The summed E-state index contributed by atoms with van der Waals surface area (Å²) >= 11 is 1.58. The van der Waals surface area contributed by atoms with Crippen molar-refractivity contribution >= 4 is 17.2 Å². The minimum Gasteiger partial charge on any atom is -0.394 e. The number of aliphatic hydroxyl groups excluding tert-OH is 1. The van der Waals surface area contributed by atoms with Gasteiger partial charge in [-0.2, -0.15) is 0 Å². The average molecular weight is 321 g/mol. The number of aromatic nitrogens is 2. The van der Waals surface area contributed by atoms with E-state index in [2.05, 4.69) is 9.97 Å². The molecule has 1 saturated heterocycles. The third-order valence-corrected chi connectivity index (χ3v) is 4.57. The monoisotopic (exact) mass is 321 g/mol. The summed E-state index contributed by atoms with van der Waals surface area (Å²) in [5.41, 5.74) is 2.32. The molecule has 2 aromatic heterocycles. The zero-order valence-electron chi connectivity index (χ0n) is 12.6. The number of hydrogen-bond acceptors (Lipinski definition) is 5. The number of carbonyl (C=O) groups excluding carboxylic acids is 1. The van der Waals surface area contributed by atoms with Gasteiger partial charge in [0.1, 0.15) is 5.69 Å². The Labute approximate surface area is 132 Å². The lowest BCUT2D eigenvalue weighted by Gasteiger charge is -2.37. The van der Waals surface area contributed by atoms with Gasteiger partial charge in [0.2, 0.25) is 0 Å². The van der Waals surface area contributed by atoms with Crippen LogP contribution in [0.3, 0.4) is 0 Å². The Bertz CT molecular complexity index is 667. The molecule has 2 N–H and O–H groups in total. The van der Waals surface area contributed by atoms with Crippen molar-refractivity contribution in [1.29, 1.82) is 0 Å². The van der Waals surface area contributed by atoms with Gasteiger partial charge >= 0.3 is 0 Å². The Kier molecular flexibility index (Phi) is 4.28. The van der Waals surface area contributed by atoms with Gasteiger partial charge in [-0.3, -0.25) is 4.79 Å². The summed E-state index contributed by atoms with van der Waals surface area (Å²) in [6.45, 7) is 4.66. The van der Waals surface area contributed by atoms with Gasteiger partial charge in [-0.25, -0.2) is 4.98 Å². The molecule has 6 nitrogen and oxygen atoms in total. The number of carbonyl (C=O) groups is 1. The number of ether oxygens (including phenoxy) is 1. The molecule has 1 fully saturated rings. The molecule has 2 aromatic rings. The van der Waals surface area contributed by atoms with Crippen molar-refractivity contribution in [3.63, 3.8) is 0 Å². The first-order chi connectivity index (χ1) is 10.6. The van der Waals surface area contributed by atoms with Crippen molar-refractivity contribution in [2.45, 2.75) is 26.0 Å². The van der Waals surface area contributed by atoms with Gasteiger partial charge in [0, 0.05) is 23.7 Å². The van der Waals surface area contributed by atoms with Gasteiger partial charge in [0.05, 0.1) is 36.1 Å². The SMILES string of the molecule is Cc1nc(-c2c[nH]c(C(=O)N3CC(CO)OCC3C)c2)cs1. The van der Waals surface area contributed by atoms with Crippen LogP contribution in [0.5, 0.6) is 0 Å². The van der Waals surface area contributed by atoms with E-state index in [1.54, 1.807) is 22.4 Å². The molecule has 0 radical (unpaired) electrons. The highest BCUT2D eigenvalue weighted by atomic mass is 32.1. The number of morpholine rings is 1. The molecule has 0 spiro atoms. The fourth-order valence-corrected chi connectivity index (χ4v) is 3.15. The van der Waals surface area contributed by atoms with Crippen LogP contribution in [0.2, 0.25) is 0 Å². The quantitative estimate of drug-likeness (QED) is 0.901. The minimum absolute atomic E-state index is 0.0106. The van der Waals surface area contributed by atoms with E-state index in [9.17, 15) is 9.90 Å². The maximum absolute atomic E-state index is 12.7. The molecule has 0 aromatic carbocycles. The van der Waals surface area contributed by atoms with Crippen LogP contribution in [0.1, 0.15) is 22.4 Å². The Morgan fingerprint density at radius 3 is 3.14 bits per heavy atom. The van der Waals surface area contributed by atoms with Gasteiger partial charge in [-0.05, 0) is 19.9 Å². The van der Waals surface area contributed by atoms with Gasteiger partial charge in [-0.1, -0.05) is 0 Å². The molecule has 3 rings (SSSR count). The molecule has 2 atom stereocenters. The fraction of sp³-hybridized carbons (Fsp3) is 0.467. The van der Waals surface area contributed by atoms with Gasteiger partial charge in [0.25, 0.3) is 5.91 Å². The summed E-state index contributed by atoms with van der Waals surface area (Å²) in [6, 6.07) is 1.82. The molecule has 1 amide bonds. The van der Waals surface area contributed by atoms with Crippen molar-refractivity contribution in [3.8, 4) is 11.3 Å². The van der Waals surface area contributed by atoms with Crippen molar-refractivity contribution in [2.75, 3.05) is 19.8 Å². The minimum atomic E-state index is -0.309. The van der Waals surface area contributed by atoms with Crippen LogP contribution in [-0.2, 0) is 4.74 Å². The third kappa shape index (κ3) is 2.92. The number of H-pyrrole nitrogens is 1. The van der Waals surface area contributed by atoms with Crippen molar-refractivity contribution in [3.05, 3.63) is 28.3 Å². The van der Waals surface area contributed by atoms with Gasteiger partial charge < -0.3 is 19.7 Å². The maximum atomic E-state index is 12.7. The van der Waals surface area contributed by atoms with Crippen molar-refractivity contribution in [2.24, 2.45) is 0 Å². The number of nitrogens with one attached hydrogen (secondary N) is 1. The lowest BCUT2D eigenvalue weighted by molar-refractivity contribution is -0.0668. The first-order valence-corrected chi connectivity index (χ1v) is 8.10. The maximum Gasteiger partial charge on any atom is 0.270 e. The number of nitrogens with zero attached hydrogens (tertiary/aromatic N) is 2. The van der Waals surface area contributed by atoms with Crippen LogP contribution in [0.15, 0.2) is 17.6 Å². The lowest BCUT2D eigenvalue weighted by Crippen LogP contribution is -2.52. The van der Waals surface area contributed by atoms with Crippen LogP contribution in [0.4, 0.5) is 0 Å². The van der Waals surface area contributed by atoms with E-state index in [-0.39, 0.29) is 24.7 Å². The van der Waals surface area contributed by atoms with Gasteiger partial charge in [0.15, 0.2) is 0 Å². The summed E-state index contributed by atoms with van der Waals surface area (Å²) in [5.74, 6) is -0.0764. The highest BCUT2D eigenvalue weighted by Crippen LogP contribution is 2.23. The molecule has 1 aliphatic rings. The normalized spacial score (nSPS) is 22.0. The molecular formula is C15H19N3O3S. The lowest BCUT2D eigenvalue weighted by atomic mass is 10.1. The first kappa shape index (κ1) is 15.2. The third-order valence-electron chi connectivity index (χ3n) is 3.80. The van der Waals surface area contributed by atoms with Crippen LogP contribution in [0, 0.1) is 6.92 Å². The standard InChI is InChI=1S/C15H19N3O3S/c1-9-7-21-12(6-19)5-18(9)15(20)13-3-11(4-16-13)14-8-22-10(2)17-14/h3-4,8-9,12,16,19H,5-7H2,1-2H3. The second kappa shape index (κ2) is 6.20. The molecule has 0 bridgehead atoms. The van der Waals surface area contributed by atoms with E-state index < -0.39 is 0 Å². The summed E-state index contributed by atoms with van der Waals surface area (Å²) in [5, 5.41) is 12.2. The molecule has 118 valence electrons. The number of aliphatic hydroxyl groups is 1. The number of rotatable bonds is 3. The average Bonchev–Trinajstić information content (AvgIpc) is 3.16.